The van der Waals surface area contributed by atoms with Gasteiger partial charge < -0.3 is 5.32 Å². The highest BCUT2D eigenvalue weighted by molar-refractivity contribution is 5.35. The lowest BCUT2D eigenvalue weighted by atomic mass is 9.97. The van der Waals surface area contributed by atoms with Crippen molar-refractivity contribution in [3.8, 4) is 0 Å². The summed E-state index contributed by atoms with van der Waals surface area (Å²) >= 11 is 0. The molecule has 0 saturated carbocycles. The summed E-state index contributed by atoms with van der Waals surface area (Å²) in [4.78, 5) is 4.09. The van der Waals surface area contributed by atoms with Gasteiger partial charge in [0.05, 0.1) is 11.6 Å². The van der Waals surface area contributed by atoms with Crippen molar-refractivity contribution >= 4 is 0 Å². The molecule has 112 valence electrons. The number of benzene rings is 1. The van der Waals surface area contributed by atoms with Crippen molar-refractivity contribution in [3.05, 3.63) is 64.7 Å². The van der Waals surface area contributed by atoms with Crippen molar-refractivity contribution in [2.75, 3.05) is 7.05 Å². The molecular weight excluding hydrogens is 284 g/mol. The summed E-state index contributed by atoms with van der Waals surface area (Å²) in [6, 6.07) is 5.15. The smallest absolute Gasteiger partial charge is 0.309 e. The molecule has 0 spiro atoms. The summed E-state index contributed by atoms with van der Waals surface area (Å²) in [6.45, 7) is 1.79. The van der Waals surface area contributed by atoms with Gasteiger partial charge in [-0.25, -0.2) is 4.39 Å². The third-order valence-electron chi connectivity index (χ3n) is 3.19. The van der Waals surface area contributed by atoms with Crippen LogP contribution in [-0.2, 0) is 6.18 Å². The summed E-state index contributed by atoms with van der Waals surface area (Å²) in [5.41, 5.74) is 0.441. The minimum Gasteiger partial charge on any atom is -0.309 e. The second-order valence-electron chi connectivity index (χ2n) is 4.69. The van der Waals surface area contributed by atoms with E-state index in [1.165, 1.54) is 6.20 Å². The molecule has 6 heteroatoms. The lowest BCUT2D eigenvalue weighted by Crippen LogP contribution is -2.20. The summed E-state index contributed by atoms with van der Waals surface area (Å²) in [5.74, 6) is -0.692. The van der Waals surface area contributed by atoms with E-state index in [0.717, 1.165) is 23.9 Å². The van der Waals surface area contributed by atoms with Gasteiger partial charge in [-0.2, -0.15) is 13.2 Å². The average molecular weight is 298 g/mol. The molecule has 2 aromatic rings. The Labute approximate surface area is 119 Å². The number of aryl methyl sites for hydroxylation is 1. The van der Waals surface area contributed by atoms with Crippen molar-refractivity contribution in [2.45, 2.75) is 19.1 Å². The maximum Gasteiger partial charge on any atom is 0.416 e. The van der Waals surface area contributed by atoms with E-state index in [1.54, 1.807) is 26.1 Å². The Balaban J connectivity index is 2.49. The molecule has 0 saturated heterocycles. The molecule has 0 aliphatic heterocycles. The maximum atomic E-state index is 13.9. The molecule has 1 heterocycles. The monoisotopic (exact) mass is 298 g/mol. The van der Waals surface area contributed by atoms with E-state index in [0.29, 0.717) is 5.56 Å². The van der Waals surface area contributed by atoms with Crippen molar-refractivity contribution in [2.24, 2.45) is 0 Å². The highest BCUT2D eigenvalue weighted by atomic mass is 19.4. The SMILES string of the molecule is CNC(c1ccc(C)nc1)c1cc(C(F)(F)F)ccc1F. The number of alkyl halides is 3. The molecule has 2 rings (SSSR count). The number of rotatable bonds is 3. The Morgan fingerprint density at radius 1 is 1.14 bits per heavy atom. The van der Waals surface area contributed by atoms with Crippen LogP contribution in [0.5, 0.6) is 0 Å². The molecule has 0 amide bonds. The highest BCUT2D eigenvalue weighted by Crippen LogP contribution is 2.33. The van der Waals surface area contributed by atoms with Crippen LogP contribution in [0.4, 0.5) is 17.6 Å². The van der Waals surface area contributed by atoms with Gasteiger partial charge in [0.25, 0.3) is 0 Å². The molecule has 0 radical (unpaired) electrons. The summed E-state index contributed by atoms with van der Waals surface area (Å²) in [7, 11) is 1.56. The van der Waals surface area contributed by atoms with E-state index in [9.17, 15) is 17.6 Å². The molecule has 1 atom stereocenters. The number of pyridine rings is 1. The van der Waals surface area contributed by atoms with Crippen LogP contribution in [0.1, 0.15) is 28.4 Å². The van der Waals surface area contributed by atoms with Crippen molar-refractivity contribution in [1.82, 2.24) is 10.3 Å². The van der Waals surface area contributed by atoms with Gasteiger partial charge in [-0.3, -0.25) is 4.98 Å². The molecule has 0 aliphatic rings. The number of hydrogen-bond donors (Lipinski definition) is 1. The molecule has 0 aliphatic carbocycles. The Morgan fingerprint density at radius 2 is 1.86 bits per heavy atom. The number of aromatic nitrogens is 1. The van der Waals surface area contributed by atoms with Crippen LogP contribution in [0.15, 0.2) is 36.5 Å². The predicted molar refractivity (Wildman–Crippen MR) is 71.3 cm³/mol. The first-order chi connectivity index (χ1) is 9.82. The van der Waals surface area contributed by atoms with Gasteiger partial charge in [-0.1, -0.05) is 6.07 Å². The zero-order chi connectivity index (χ0) is 15.6. The summed E-state index contributed by atoms with van der Waals surface area (Å²) in [6.07, 6.45) is -2.98. The molecule has 1 N–H and O–H groups in total. The lowest BCUT2D eigenvalue weighted by Gasteiger charge is -2.19. The van der Waals surface area contributed by atoms with Crippen molar-refractivity contribution in [3.63, 3.8) is 0 Å². The molecule has 1 aromatic heterocycles. The first-order valence-electron chi connectivity index (χ1n) is 6.29. The Morgan fingerprint density at radius 3 is 2.38 bits per heavy atom. The Bertz CT molecular complexity index is 621. The molecular formula is C15H14F4N2. The third-order valence-corrected chi connectivity index (χ3v) is 3.19. The topological polar surface area (TPSA) is 24.9 Å². The average Bonchev–Trinajstić information content (AvgIpc) is 2.42. The fourth-order valence-corrected chi connectivity index (χ4v) is 2.09. The van der Waals surface area contributed by atoms with E-state index < -0.39 is 23.6 Å². The van der Waals surface area contributed by atoms with Gasteiger partial charge in [-0.05, 0) is 43.8 Å². The minimum atomic E-state index is -4.51. The lowest BCUT2D eigenvalue weighted by molar-refractivity contribution is -0.137. The van der Waals surface area contributed by atoms with Crippen LogP contribution >= 0.6 is 0 Å². The van der Waals surface area contributed by atoms with Gasteiger partial charge in [0.15, 0.2) is 0 Å². The number of nitrogens with one attached hydrogen (secondary N) is 1. The number of nitrogens with zero attached hydrogens (tertiary/aromatic N) is 1. The molecule has 1 unspecified atom stereocenters. The van der Waals surface area contributed by atoms with E-state index in [-0.39, 0.29) is 5.56 Å². The fourth-order valence-electron chi connectivity index (χ4n) is 2.09. The van der Waals surface area contributed by atoms with Crippen molar-refractivity contribution in [1.29, 1.82) is 0 Å². The molecule has 0 fully saturated rings. The van der Waals surface area contributed by atoms with Crippen LogP contribution in [0.3, 0.4) is 0 Å². The van der Waals surface area contributed by atoms with Crippen LogP contribution in [0.2, 0.25) is 0 Å². The zero-order valence-corrected chi connectivity index (χ0v) is 11.5. The van der Waals surface area contributed by atoms with E-state index in [4.69, 9.17) is 0 Å². The highest BCUT2D eigenvalue weighted by Gasteiger charge is 2.32. The van der Waals surface area contributed by atoms with Crippen LogP contribution in [0, 0.1) is 12.7 Å². The van der Waals surface area contributed by atoms with Crippen LogP contribution in [-0.4, -0.2) is 12.0 Å². The fraction of sp³-hybridized carbons (Fsp3) is 0.267. The second kappa shape index (κ2) is 5.81. The molecule has 0 bridgehead atoms. The van der Waals surface area contributed by atoms with Gasteiger partial charge in [-0.15, -0.1) is 0 Å². The van der Waals surface area contributed by atoms with Gasteiger partial charge in [0.2, 0.25) is 0 Å². The molecule has 2 nitrogen and oxygen atoms in total. The normalized spacial score (nSPS) is 13.2. The van der Waals surface area contributed by atoms with E-state index >= 15 is 0 Å². The first kappa shape index (κ1) is 15.4. The maximum absolute atomic E-state index is 13.9. The predicted octanol–water partition coefficient (Wildman–Crippen LogP) is 3.86. The number of hydrogen-bond acceptors (Lipinski definition) is 2. The van der Waals surface area contributed by atoms with Crippen LogP contribution < -0.4 is 5.32 Å². The minimum absolute atomic E-state index is 0.0574. The largest absolute Gasteiger partial charge is 0.416 e. The first-order valence-corrected chi connectivity index (χ1v) is 6.29. The van der Waals surface area contributed by atoms with Gasteiger partial charge >= 0.3 is 6.18 Å². The Hall–Kier alpha value is -1.95. The van der Waals surface area contributed by atoms with E-state index in [2.05, 4.69) is 10.3 Å². The summed E-state index contributed by atoms with van der Waals surface area (Å²) in [5, 5.41) is 2.83. The standard InChI is InChI=1S/C15H14F4N2/c1-9-3-4-10(8-21-9)14(20-2)12-7-11(15(17,18)19)5-6-13(12)16/h3-8,14,20H,1-2H3. The van der Waals surface area contributed by atoms with Crippen molar-refractivity contribution < 1.29 is 17.6 Å². The summed E-state index contributed by atoms with van der Waals surface area (Å²) < 4.78 is 52.2. The third kappa shape index (κ3) is 3.39. The van der Waals surface area contributed by atoms with Crippen LogP contribution in [0.25, 0.3) is 0 Å². The Kier molecular flexibility index (Phi) is 4.27. The zero-order valence-electron chi connectivity index (χ0n) is 11.5. The van der Waals surface area contributed by atoms with E-state index in [1.807, 2.05) is 0 Å². The quantitative estimate of drug-likeness (QED) is 0.870. The molecule has 1 aromatic carbocycles. The second-order valence-corrected chi connectivity index (χ2v) is 4.69. The number of halogens is 4. The molecule has 21 heavy (non-hydrogen) atoms. The van der Waals surface area contributed by atoms with Gasteiger partial charge in [0, 0.05) is 17.5 Å². The van der Waals surface area contributed by atoms with Gasteiger partial charge in [0.1, 0.15) is 5.82 Å².